The Balaban J connectivity index is 1.67. The maximum absolute atomic E-state index is 12.6. The molecule has 7 nitrogen and oxygen atoms in total. The minimum absolute atomic E-state index is 0.0483. The van der Waals surface area contributed by atoms with Gasteiger partial charge < -0.3 is 15.0 Å². The second kappa shape index (κ2) is 9.58. The Morgan fingerprint density at radius 3 is 2.69 bits per heavy atom. The maximum Gasteiger partial charge on any atom is 0.293 e. The van der Waals surface area contributed by atoms with Gasteiger partial charge >= 0.3 is 0 Å². The number of benzene rings is 2. The molecule has 1 amide bonds. The minimum Gasteiger partial charge on any atom is -0.381 e. The van der Waals surface area contributed by atoms with Crippen LogP contribution in [0.4, 0.5) is 5.69 Å². The molecule has 0 fully saturated rings. The highest BCUT2D eigenvalue weighted by molar-refractivity contribution is 7.99. The first-order valence-electron chi connectivity index (χ1n) is 9.22. The van der Waals surface area contributed by atoms with Gasteiger partial charge in [0.2, 0.25) is 0 Å². The molecule has 0 aliphatic heterocycles. The third kappa shape index (κ3) is 5.16. The van der Waals surface area contributed by atoms with Crippen LogP contribution in [0.15, 0.2) is 54.6 Å². The number of fused-ring (bicyclic) bond motifs is 1. The third-order valence-electron chi connectivity index (χ3n) is 4.74. The second-order valence-corrected chi connectivity index (χ2v) is 7.89. The van der Waals surface area contributed by atoms with Crippen LogP contribution in [-0.2, 0) is 10.5 Å². The highest BCUT2D eigenvalue weighted by Crippen LogP contribution is 2.26. The number of methoxy groups -OCH3 is 1. The summed E-state index contributed by atoms with van der Waals surface area (Å²) in [6.07, 6.45) is -0.0483. The summed E-state index contributed by atoms with van der Waals surface area (Å²) >= 11 is 1.72. The number of aromatic nitrogens is 1. The summed E-state index contributed by atoms with van der Waals surface area (Å²) in [4.78, 5) is 26.2. The normalized spacial score (nSPS) is 13.2. The number of amides is 1. The molecule has 0 spiro atoms. The van der Waals surface area contributed by atoms with Crippen molar-refractivity contribution in [3.8, 4) is 0 Å². The molecule has 0 saturated carbocycles. The Labute approximate surface area is 173 Å². The Morgan fingerprint density at radius 1 is 1.24 bits per heavy atom. The lowest BCUT2D eigenvalue weighted by Crippen LogP contribution is -2.37. The van der Waals surface area contributed by atoms with E-state index in [1.54, 1.807) is 37.1 Å². The van der Waals surface area contributed by atoms with Crippen LogP contribution < -0.4 is 5.32 Å². The van der Waals surface area contributed by atoms with E-state index in [1.807, 2.05) is 25.1 Å². The van der Waals surface area contributed by atoms with Gasteiger partial charge in [0.15, 0.2) is 0 Å². The van der Waals surface area contributed by atoms with E-state index >= 15 is 0 Å². The number of para-hydroxylation sites is 1. The van der Waals surface area contributed by atoms with Gasteiger partial charge in [0.05, 0.1) is 11.0 Å². The van der Waals surface area contributed by atoms with E-state index in [9.17, 15) is 14.9 Å². The molecule has 0 aliphatic rings. The number of aromatic amines is 1. The number of carbonyl (C=O) groups excluding carboxylic acids is 1. The number of nitro benzene ring substituents is 1. The molecule has 3 aromatic rings. The average molecular weight is 413 g/mol. The summed E-state index contributed by atoms with van der Waals surface area (Å²) in [6, 6.07) is 16.5. The van der Waals surface area contributed by atoms with Crippen LogP contribution in [0.1, 0.15) is 23.0 Å². The molecule has 1 heterocycles. The lowest BCUT2D eigenvalue weighted by molar-refractivity contribution is -0.383. The van der Waals surface area contributed by atoms with E-state index in [4.69, 9.17) is 4.74 Å². The number of nitrogens with zero attached hydrogens (tertiary/aromatic N) is 1. The van der Waals surface area contributed by atoms with Crippen molar-refractivity contribution in [3.63, 3.8) is 0 Å². The third-order valence-corrected chi connectivity index (χ3v) is 6.22. The number of thioether (sulfide) groups is 1. The highest BCUT2D eigenvalue weighted by atomic mass is 32.2. The fraction of sp³-hybridized carbons (Fsp3) is 0.286. The van der Waals surface area contributed by atoms with Crippen molar-refractivity contribution in [2.45, 2.75) is 24.0 Å². The van der Waals surface area contributed by atoms with E-state index in [1.165, 1.54) is 11.6 Å². The van der Waals surface area contributed by atoms with Crippen molar-refractivity contribution in [2.24, 2.45) is 0 Å². The molecule has 3 rings (SSSR count). The monoisotopic (exact) mass is 413 g/mol. The fourth-order valence-corrected chi connectivity index (χ4v) is 4.18. The second-order valence-electron chi connectivity index (χ2n) is 6.67. The van der Waals surface area contributed by atoms with Crippen molar-refractivity contribution in [3.05, 3.63) is 76.0 Å². The summed E-state index contributed by atoms with van der Waals surface area (Å²) in [7, 11) is 1.65. The summed E-state index contributed by atoms with van der Waals surface area (Å²) in [5, 5.41) is 14.8. The van der Waals surface area contributed by atoms with Gasteiger partial charge in [0.1, 0.15) is 11.2 Å². The zero-order valence-corrected chi connectivity index (χ0v) is 17.1. The standard InChI is InChI=1S/C21H23N3O4S/c1-14(28-2)19(29-13-15-7-4-3-5-8-15)12-22-21(25)17-11-16-9-6-10-18(24(26)27)20(16)23-17/h3-11,14,19,23H,12-13H2,1-2H3,(H,22,25). The molecule has 29 heavy (non-hydrogen) atoms. The summed E-state index contributed by atoms with van der Waals surface area (Å²) in [5.41, 5.74) is 1.81. The van der Waals surface area contributed by atoms with Crippen molar-refractivity contribution in [1.29, 1.82) is 0 Å². The number of hydrogen-bond donors (Lipinski definition) is 2. The predicted octanol–water partition coefficient (Wildman–Crippen LogP) is 4.14. The highest BCUT2D eigenvalue weighted by Gasteiger charge is 2.21. The molecule has 8 heteroatoms. The number of hydrogen-bond acceptors (Lipinski definition) is 5. The largest absolute Gasteiger partial charge is 0.381 e. The molecule has 152 valence electrons. The van der Waals surface area contributed by atoms with Gasteiger partial charge in [-0.1, -0.05) is 42.5 Å². The number of nitro groups is 1. The lowest BCUT2D eigenvalue weighted by Gasteiger charge is -2.22. The number of nitrogens with one attached hydrogen (secondary N) is 2. The van der Waals surface area contributed by atoms with E-state index in [2.05, 4.69) is 22.4 Å². The van der Waals surface area contributed by atoms with Crippen molar-refractivity contribution < 1.29 is 14.5 Å². The van der Waals surface area contributed by atoms with Gasteiger partial charge in [-0.25, -0.2) is 0 Å². The van der Waals surface area contributed by atoms with Crippen LogP contribution in [0.3, 0.4) is 0 Å². The van der Waals surface area contributed by atoms with E-state index in [0.29, 0.717) is 23.1 Å². The number of rotatable bonds is 9. The van der Waals surface area contributed by atoms with Crippen LogP contribution in [0.25, 0.3) is 10.9 Å². The Bertz CT molecular complexity index is 990. The van der Waals surface area contributed by atoms with Gasteiger partial charge in [0.25, 0.3) is 11.6 Å². The zero-order valence-electron chi connectivity index (χ0n) is 16.3. The van der Waals surface area contributed by atoms with Crippen LogP contribution in [0, 0.1) is 10.1 Å². The molecule has 2 atom stereocenters. The van der Waals surface area contributed by atoms with Crippen LogP contribution >= 0.6 is 11.8 Å². The number of ether oxygens (including phenoxy) is 1. The van der Waals surface area contributed by atoms with Gasteiger partial charge in [-0.05, 0) is 18.6 Å². The topological polar surface area (TPSA) is 97.3 Å². The maximum atomic E-state index is 12.6. The molecule has 2 N–H and O–H groups in total. The molecule has 0 bridgehead atoms. The first kappa shape index (κ1) is 20.9. The van der Waals surface area contributed by atoms with Gasteiger partial charge in [-0.3, -0.25) is 14.9 Å². The van der Waals surface area contributed by atoms with Crippen LogP contribution in [-0.4, -0.2) is 40.8 Å². The van der Waals surface area contributed by atoms with Crippen molar-refractivity contribution >= 4 is 34.3 Å². The Morgan fingerprint density at radius 2 is 2.00 bits per heavy atom. The predicted molar refractivity (Wildman–Crippen MR) is 115 cm³/mol. The first-order valence-corrected chi connectivity index (χ1v) is 10.3. The van der Waals surface area contributed by atoms with Gasteiger partial charge in [-0.15, -0.1) is 11.8 Å². The van der Waals surface area contributed by atoms with Crippen LogP contribution in [0.5, 0.6) is 0 Å². The zero-order chi connectivity index (χ0) is 20.8. The number of non-ortho nitro benzene ring substituents is 1. The number of carbonyl (C=O) groups is 1. The molecule has 2 unspecified atom stereocenters. The molecule has 0 saturated heterocycles. The van der Waals surface area contributed by atoms with Gasteiger partial charge in [-0.2, -0.15) is 0 Å². The Hall–Kier alpha value is -2.84. The van der Waals surface area contributed by atoms with E-state index in [0.717, 1.165) is 5.75 Å². The quantitative estimate of drug-likeness (QED) is 0.406. The summed E-state index contributed by atoms with van der Waals surface area (Å²) in [6.45, 7) is 2.39. The van der Waals surface area contributed by atoms with Crippen LogP contribution in [0.2, 0.25) is 0 Å². The molecule has 2 aromatic carbocycles. The van der Waals surface area contributed by atoms with Gasteiger partial charge in [0, 0.05) is 36.1 Å². The fourth-order valence-electron chi connectivity index (χ4n) is 2.99. The molecule has 0 radical (unpaired) electrons. The summed E-state index contributed by atoms with van der Waals surface area (Å²) in [5.74, 6) is 0.511. The number of H-pyrrole nitrogens is 1. The lowest BCUT2D eigenvalue weighted by atomic mass is 10.2. The molecule has 1 aromatic heterocycles. The van der Waals surface area contributed by atoms with Crippen molar-refractivity contribution in [1.82, 2.24) is 10.3 Å². The van der Waals surface area contributed by atoms with E-state index < -0.39 is 4.92 Å². The minimum atomic E-state index is -0.461. The first-order chi connectivity index (χ1) is 14.0. The molecule has 0 aliphatic carbocycles. The average Bonchev–Trinajstić information content (AvgIpc) is 3.18. The Kier molecular flexibility index (Phi) is 6.90. The SMILES string of the molecule is COC(C)C(CNC(=O)c1cc2cccc([N+](=O)[O-])c2[nH]1)SCc1ccccc1. The summed E-state index contributed by atoms with van der Waals surface area (Å²) < 4.78 is 5.47. The smallest absolute Gasteiger partial charge is 0.293 e. The van der Waals surface area contributed by atoms with Crippen molar-refractivity contribution in [2.75, 3.05) is 13.7 Å². The molecular formula is C21H23N3O4S. The van der Waals surface area contributed by atoms with E-state index in [-0.39, 0.29) is 22.9 Å². The molecular weight excluding hydrogens is 390 g/mol.